The van der Waals surface area contributed by atoms with E-state index in [4.69, 9.17) is 0 Å². The maximum Gasteiger partial charge on any atom is 0.337 e. The summed E-state index contributed by atoms with van der Waals surface area (Å²) < 4.78 is 27.1. The number of hydrogen-bond donors (Lipinski definition) is 1. The van der Waals surface area contributed by atoms with Gasteiger partial charge in [-0.3, -0.25) is 4.79 Å². The lowest BCUT2D eigenvalue weighted by atomic mass is 10.1. The van der Waals surface area contributed by atoms with Gasteiger partial charge in [0.15, 0.2) is 9.84 Å². The van der Waals surface area contributed by atoms with Crippen LogP contribution in [0.1, 0.15) is 16.8 Å². The zero-order valence-corrected chi connectivity index (χ0v) is 12.2. The fourth-order valence-corrected chi connectivity index (χ4v) is 3.46. The number of nitrogens with one attached hydrogen (secondary N) is 1. The minimum Gasteiger partial charge on any atom is -0.465 e. The van der Waals surface area contributed by atoms with Crippen molar-refractivity contribution in [1.29, 1.82) is 0 Å². The van der Waals surface area contributed by atoms with Crippen LogP contribution in [0.2, 0.25) is 0 Å². The van der Waals surface area contributed by atoms with E-state index in [-0.39, 0.29) is 24.0 Å². The molecule has 0 fully saturated rings. The number of rotatable bonds is 4. The van der Waals surface area contributed by atoms with Crippen LogP contribution in [-0.2, 0) is 19.4 Å². The number of carbonyl (C=O) groups excluding carboxylic acids is 2. The second-order valence-corrected chi connectivity index (χ2v) is 6.67. The number of methoxy groups -OCH3 is 1. The van der Waals surface area contributed by atoms with Gasteiger partial charge in [0.05, 0.1) is 18.4 Å². The van der Waals surface area contributed by atoms with Gasteiger partial charge in [-0.2, -0.15) is 0 Å². The van der Waals surface area contributed by atoms with Crippen molar-refractivity contribution in [3.8, 4) is 0 Å². The Hall–Kier alpha value is -2.15. The molecule has 21 heavy (non-hydrogen) atoms. The van der Waals surface area contributed by atoms with Crippen LogP contribution in [0.5, 0.6) is 0 Å². The van der Waals surface area contributed by atoms with E-state index in [2.05, 4.69) is 10.1 Å². The van der Waals surface area contributed by atoms with Crippen LogP contribution in [0, 0.1) is 5.92 Å². The topological polar surface area (TPSA) is 89.5 Å². The molecule has 1 aromatic rings. The van der Waals surface area contributed by atoms with Crippen LogP contribution in [0.3, 0.4) is 0 Å². The number of allylic oxidation sites excluding steroid dienone is 1. The first-order chi connectivity index (χ1) is 9.89. The van der Waals surface area contributed by atoms with Gasteiger partial charge in [-0.15, -0.1) is 0 Å². The van der Waals surface area contributed by atoms with E-state index in [9.17, 15) is 18.0 Å². The van der Waals surface area contributed by atoms with Crippen molar-refractivity contribution in [3.63, 3.8) is 0 Å². The number of hydrogen-bond acceptors (Lipinski definition) is 5. The fraction of sp³-hybridized carbons (Fsp3) is 0.286. The van der Waals surface area contributed by atoms with Crippen molar-refractivity contribution in [1.82, 2.24) is 0 Å². The lowest BCUT2D eigenvalue weighted by molar-refractivity contribution is -0.116. The van der Waals surface area contributed by atoms with Gasteiger partial charge in [-0.1, -0.05) is 12.1 Å². The Bertz CT molecular complexity index is 693. The minimum absolute atomic E-state index is 0.0391. The number of anilines is 1. The molecule has 2 rings (SSSR count). The number of esters is 1. The fourth-order valence-electron chi connectivity index (χ4n) is 2.06. The van der Waals surface area contributed by atoms with Gasteiger partial charge >= 0.3 is 5.97 Å². The molecule has 0 saturated heterocycles. The smallest absolute Gasteiger partial charge is 0.337 e. The SMILES string of the molecule is COC(=O)c1cccc(NC(=O)C[C@H]2C=CS(=O)(=O)C2)c1. The number of carbonyl (C=O) groups is 2. The first-order valence-corrected chi connectivity index (χ1v) is 8.00. The molecule has 1 heterocycles. The van der Waals surface area contributed by atoms with Crippen LogP contribution in [0.15, 0.2) is 35.7 Å². The molecule has 1 amide bonds. The molecular weight excluding hydrogens is 294 g/mol. The monoisotopic (exact) mass is 309 g/mol. The number of ether oxygens (including phenoxy) is 1. The van der Waals surface area contributed by atoms with Crippen molar-refractivity contribution < 1.29 is 22.7 Å². The van der Waals surface area contributed by atoms with E-state index < -0.39 is 15.8 Å². The normalized spacial score (nSPS) is 19.2. The first kappa shape index (κ1) is 15.2. The van der Waals surface area contributed by atoms with E-state index in [1.54, 1.807) is 18.2 Å². The highest BCUT2D eigenvalue weighted by atomic mass is 32.2. The lowest BCUT2D eigenvalue weighted by Crippen LogP contribution is -2.17. The second-order valence-electron chi connectivity index (χ2n) is 4.74. The minimum atomic E-state index is -3.16. The molecule has 6 nitrogen and oxygen atoms in total. The summed E-state index contributed by atoms with van der Waals surface area (Å²) in [6.07, 6.45) is 1.61. The largest absolute Gasteiger partial charge is 0.465 e. The van der Waals surface area contributed by atoms with Gasteiger partial charge in [0.1, 0.15) is 0 Å². The molecule has 1 aliphatic heterocycles. The zero-order valence-electron chi connectivity index (χ0n) is 11.4. The molecule has 0 aliphatic carbocycles. The van der Waals surface area contributed by atoms with Crippen molar-refractivity contribution >= 4 is 27.4 Å². The highest BCUT2D eigenvalue weighted by molar-refractivity contribution is 7.94. The van der Waals surface area contributed by atoms with Gasteiger partial charge in [-0.25, -0.2) is 13.2 Å². The molecule has 7 heteroatoms. The van der Waals surface area contributed by atoms with Crippen molar-refractivity contribution in [2.45, 2.75) is 6.42 Å². The molecule has 1 N–H and O–H groups in total. The number of benzene rings is 1. The molecule has 1 aromatic carbocycles. The second kappa shape index (κ2) is 6.09. The maximum atomic E-state index is 11.9. The van der Waals surface area contributed by atoms with E-state index in [1.165, 1.54) is 19.3 Å². The predicted octanol–water partition coefficient (Wildman–Crippen LogP) is 1.36. The van der Waals surface area contributed by atoms with Gasteiger partial charge in [0, 0.05) is 23.4 Å². The van der Waals surface area contributed by atoms with E-state index in [0.29, 0.717) is 11.3 Å². The van der Waals surface area contributed by atoms with E-state index >= 15 is 0 Å². The van der Waals surface area contributed by atoms with Crippen LogP contribution < -0.4 is 5.32 Å². The molecule has 0 unspecified atom stereocenters. The third-order valence-electron chi connectivity index (χ3n) is 3.02. The maximum absolute atomic E-state index is 11.9. The quantitative estimate of drug-likeness (QED) is 0.848. The summed E-state index contributed by atoms with van der Waals surface area (Å²) in [5.74, 6) is -1.14. The molecule has 0 bridgehead atoms. The standard InChI is InChI=1S/C14H15NO5S/c1-20-14(17)11-3-2-4-12(8-11)15-13(16)7-10-5-6-21(18,19)9-10/h2-6,8,10H,7,9H2,1H3,(H,15,16)/t10-/m1/s1. The Morgan fingerprint density at radius 1 is 1.38 bits per heavy atom. The molecular formula is C14H15NO5S. The lowest BCUT2D eigenvalue weighted by Gasteiger charge is -2.09. The molecule has 1 aliphatic rings. The average Bonchev–Trinajstić information content (AvgIpc) is 2.77. The van der Waals surface area contributed by atoms with Crippen LogP contribution in [-0.4, -0.2) is 33.2 Å². The summed E-state index contributed by atoms with van der Waals surface area (Å²) in [7, 11) is -1.88. The molecule has 0 spiro atoms. The van der Waals surface area contributed by atoms with Gasteiger partial charge in [-0.05, 0) is 18.2 Å². The summed E-state index contributed by atoms with van der Waals surface area (Å²) >= 11 is 0. The molecule has 0 radical (unpaired) electrons. The summed E-state index contributed by atoms with van der Waals surface area (Å²) in [5, 5.41) is 3.78. The van der Waals surface area contributed by atoms with Crippen LogP contribution >= 0.6 is 0 Å². The molecule has 1 atom stereocenters. The van der Waals surface area contributed by atoms with Gasteiger partial charge in [0.2, 0.25) is 5.91 Å². The van der Waals surface area contributed by atoms with Crippen molar-refractivity contribution in [3.05, 3.63) is 41.3 Å². The van der Waals surface area contributed by atoms with Crippen LogP contribution in [0.25, 0.3) is 0 Å². The van der Waals surface area contributed by atoms with Crippen molar-refractivity contribution in [2.24, 2.45) is 5.92 Å². The molecule has 0 aromatic heterocycles. The van der Waals surface area contributed by atoms with Gasteiger partial charge in [0.25, 0.3) is 0 Å². The summed E-state index contributed by atoms with van der Waals surface area (Å²) in [6, 6.07) is 6.35. The first-order valence-electron chi connectivity index (χ1n) is 6.29. The summed E-state index contributed by atoms with van der Waals surface area (Å²) in [4.78, 5) is 23.3. The zero-order chi connectivity index (χ0) is 15.5. The van der Waals surface area contributed by atoms with E-state index in [1.807, 2.05) is 0 Å². The number of amides is 1. The van der Waals surface area contributed by atoms with Crippen molar-refractivity contribution in [2.75, 3.05) is 18.2 Å². The third kappa shape index (κ3) is 4.16. The third-order valence-corrected chi connectivity index (χ3v) is 4.48. The number of sulfone groups is 1. The Morgan fingerprint density at radius 2 is 2.14 bits per heavy atom. The molecule has 0 saturated carbocycles. The van der Waals surface area contributed by atoms with E-state index in [0.717, 1.165) is 5.41 Å². The highest BCUT2D eigenvalue weighted by Crippen LogP contribution is 2.19. The Labute approximate surface area is 122 Å². The summed E-state index contributed by atoms with van der Waals surface area (Å²) in [6.45, 7) is 0. The summed E-state index contributed by atoms with van der Waals surface area (Å²) in [5.41, 5.74) is 0.798. The Balaban J connectivity index is 1.97. The Kier molecular flexibility index (Phi) is 4.42. The highest BCUT2D eigenvalue weighted by Gasteiger charge is 2.23. The molecule has 112 valence electrons. The van der Waals surface area contributed by atoms with Crippen LogP contribution in [0.4, 0.5) is 5.69 Å². The Morgan fingerprint density at radius 3 is 2.76 bits per heavy atom. The average molecular weight is 309 g/mol. The van der Waals surface area contributed by atoms with Gasteiger partial charge < -0.3 is 10.1 Å². The predicted molar refractivity (Wildman–Crippen MR) is 77.4 cm³/mol.